The van der Waals surface area contributed by atoms with Gasteiger partial charge in [-0.15, -0.1) is 0 Å². The van der Waals surface area contributed by atoms with Gasteiger partial charge in [0.25, 0.3) is 0 Å². The fourth-order valence-corrected chi connectivity index (χ4v) is 6.94. The van der Waals surface area contributed by atoms with E-state index >= 15 is 0 Å². The van der Waals surface area contributed by atoms with Crippen LogP contribution in [0.25, 0.3) is 0 Å². The van der Waals surface area contributed by atoms with E-state index in [1.54, 1.807) is 25.7 Å². The largest absolute Gasteiger partial charge is 0.375 e. The Hall–Kier alpha value is -0.0800. The van der Waals surface area contributed by atoms with Gasteiger partial charge in [-0.1, -0.05) is 25.7 Å². The Morgan fingerprint density at radius 2 is 1.08 bits per heavy atom. The Labute approximate surface area is 148 Å². The summed E-state index contributed by atoms with van der Waals surface area (Å²) in [7, 11) is 0. The van der Waals surface area contributed by atoms with Crippen molar-refractivity contribution in [3.8, 4) is 0 Å². The zero-order valence-corrected chi connectivity index (χ0v) is 15.3. The smallest absolute Gasteiger partial charge is 0.0634 e. The third kappa shape index (κ3) is 3.18. The number of ether oxygens (including phenoxy) is 2. The molecular formula is C22H36O2. The number of hydrogen-bond donors (Lipinski definition) is 0. The molecule has 2 heteroatoms. The summed E-state index contributed by atoms with van der Waals surface area (Å²) in [6, 6.07) is 0. The molecule has 4 bridgehead atoms. The lowest BCUT2D eigenvalue weighted by atomic mass is 9.61. The molecule has 4 aliphatic heterocycles. The van der Waals surface area contributed by atoms with Crippen LogP contribution in [0.15, 0.2) is 0 Å². The monoisotopic (exact) mass is 332 g/mol. The lowest BCUT2D eigenvalue weighted by Crippen LogP contribution is -2.50. The fourth-order valence-electron chi connectivity index (χ4n) is 6.94. The highest BCUT2D eigenvalue weighted by molar-refractivity contribution is 4.95. The lowest BCUT2D eigenvalue weighted by Gasteiger charge is -2.52. The maximum Gasteiger partial charge on any atom is 0.0634 e. The normalized spacial score (nSPS) is 52.0. The van der Waals surface area contributed by atoms with E-state index in [1.807, 2.05) is 0 Å². The second-order valence-corrected chi connectivity index (χ2v) is 9.69. The van der Waals surface area contributed by atoms with Crippen molar-refractivity contribution in [1.82, 2.24) is 0 Å². The molecule has 0 aromatic rings. The van der Waals surface area contributed by atoms with Crippen LogP contribution in [0.5, 0.6) is 0 Å². The first-order valence-electron chi connectivity index (χ1n) is 11.2. The predicted octanol–water partition coefficient (Wildman–Crippen LogP) is 5.49. The predicted molar refractivity (Wildman–Crippen MR) is 95.9 cm³/mol. The van der Waals surface area contributed by atoms with Crippen LogP contribution in [0, 0.1) is 23.7 Å². The Morgan fingerprint density at radius 3 is 1.67 bits per heavy atom. The van der Waals surface area contributed by atoms with Gasteiger partial charge in [0.15, 0.2) is 0 Å². The molecular weight excluding hydrogens is 296 g/mol. The fraction of sp³-hybridized carbons (Fsp3) is 1.00. The average molecular weight is 333 g/mol. The van der Waals surface area contributed by atoms with Crippen LogP contribution < -0.4 is 0 Å². The molecule has 6 unspecified atom stereocenters. The first-order valence-corrected chi connectivity index (χ1v) is 11.2. The van der Waals surface area contributed by atoms with Crippen LogP contribution in [0.3, 0.4) is 0 Å². The summed E-state index contributed by atoms with van der Waals surface area (Å²) in [5.74, 6) is 4.18. The number of fused-ring (bicyclic) bond motifs is 5. The molecule has 0 aromatic carbocycles. The zero-order valence-electron chi connectivity index (χ0n) is 15.3. The van der Waals surface area contributed by atoms with Gasteiger partial charge in [-0.05, 0) is 81.5 Å². The van der Waals surface area contributed by atoms with E-state index in [4.69, 9.17) is 9.47 Å². The van der Waals surface area contributed by atoms with E-state index < -0.39 is 0 Å². The number of rotatable bonds is 1. The first kappa shape index (κ1) is 16.1. The molecule has 136 valence electrons. The molecule has 6 atom stereocenters. The molecule has 0 amide bonds. The van der Waals surface area contributed by atoms with Crippen molar-refractivity contribution in [2.45, 2.75) is 114 Å². The summed E-state index contributed by atoms with van der Waals surface area (Å²) >= 11 is 0. The van der Waals surface area contributed by atoms with Crippen molar-refractivity contribution in [3.63, 3.8) is 0 Å². The van der Waals surface area contributed by atoms with Crippen LogP contribution in [0.4, 0.5) is 0 Å². The van der Waals surface area contributed by atoms with Crippen molar-refractivity contribution >= 4 is 0 Å². The second-order valence-electron chi connectivity index (χ2n) is 9.69. The van der Waals surface area contributed by atoms with E-state index in [2.05, 4.69) is 0 Å². The van der Waals surface area contributed by atoms with Gasteiger partial charge in [0, 0.05) is 6.42 Å². The molecule has 0 radical (unpaired) electrons. The van der Waals surface area contributed by atoms with E-state index in [0.717, 1.165) is 23.7 Å². The summed E-state index contributed by atoms with van der Waals surface area (Å²) in [6.07, 6.45) is 23.0. The first-order chi connectivity index (χ1) is 11.8. The SMILES string of the molecule is C1CC2CCC1O2.C1CCC2CC(C3CCC4CC3O4)CCC2C1. The summed E-state index contributed by atoms with van der Waals surface area (Å²) < 4.78 is 11.4. The van der Waals surface area contributed by atoms with Gasteiger partial charge < -0.3 is 9.47 Å². The highest BCUT2D eigenvalue weighted by atomic mass is 16.5. The third-order valence-corrected chi connectivity index (χ3v) is 8.35. The van der Waals surface area contributed by atoms with Crippen LogP contribution >= 0.6 is 0 Å². The summed E-state index contributed by atoms with van der Waals surface area (Å²) in [5.41, 5.74) is 0. The third-order valence-electron chi connectivity index (χ3n) is 8.35. The molecule has 0 N–H and O–H groups in total. The van der Waals surface area contributed by atoms with Crippen molar-refractivity contribution in [3.05, 3.63) is 0 Å². The summed E-state index contributed by atoms with van der Waals surface area (Å²) in [5, 5.41) is 0. The van der Waals surface area contributed by atoms with E-state index in [1.165, 1.54) is 64.2 Å². The average Bonchev–Trinajstić information content (AvgIpc) is 3.27. The summed E-state index contributed by atoms with van der Waals surface area (Å²) in [4.78, 5) is 0. The van der Waals surface area contributed by atoms with E-state index in [0.29, 0.717) is 24.4 Å². The van der Waals surface area contributed by atoms with Gasteiger partial charge in [-0.3, -0.25) is 0 Å². The van der Waals surface area contributed by atoms with E-state index in [9.17, 15) is 0 Å². The zero-order chi connectivity index (χ0) is 15.9. The van der Waals surface area contributed by atoms with Gasteiger partial charge in [0.2, 0.25) is 0 Å². The Balaban J connectivity index is 0.000000155. The minimum atomic E-state index is 0.669. The van der Waals surface area contributed by atoms with Crippen LogP contribution in [-0.4, -0.2) is 24.4 Å². The maximum absolute atomic E-state index is 5.98. The molecule has 24 heavy (non-hydrogen) atoms. The molecule has 4 heterocycles. The Kier molecular flexibility index (Phi) is 4.64. The lowest BCUT2D eigenvalue weighted by molar-refractivity contribution is -0.200. The number of hydrogen-bond acceptors (Lipinski definition) is 2. The Bertz CT molecular complexity index is 409. The standard InChI is InChI=1S/C16H26O.C6H10O/c1-2-4-12-9-13(6-5-11(12)3-1)15-8-7-14-10-16(15)17-14;1-2-6-4-3-5(1)7-6/h11-16H,1-10H2;5-6H,1-4H2. The molecule has 7 rings (SSSR count). The minimum absolute atomic E-state index is 0.669. The quantitative estimate of drug-likeness (QED) is 0.632. The van der Waals surface area contributed by atoms with Crippen LogP contribution in [0.2, 0.25) is 0 Å². The van der Waals surface area contributed by atoms with Crippen molar-refractivity contribution in [1.29, 1.82) is 0 Å². The van der Waals surface area contributed by atoms with Gasteiger partial charge in [-0.2, -0.15) is 0 Å². The highest BCUT2D eigenvalue weighted by Gasteiger charge is 2.46. The minimum Gasteiger partial charge on any atom is -0.375 e. The van der Waals surface area contributed by atoms with Gasteiger partial charge >= 0.3 is 0 Å². The molecule has 4 saturated heterocycles. The molecule has 3 aliphatic carbocycles. The highest BCUT2D eigenvalue weighted by Crippen LogP contribution is 2.50. The molecule has 0 spiro atoms. The van der Waals surface area contributed by atoms with Gasteiger partial charge in [-0.25, -0.2) is 0 Å². The van der Waals surface area contributed by atoms with Crippen molar-refractivity contribution in [2.75, 3.05) is 0 Å². The maximum atomic E-state index is 5.98. The van der Waals surface area contributed by atoms with Gasteiger partial charge in [0.1, 0.15) is 0 Å². The molecule has 7 aliphatic rings. The van der Waals surface area contributed by atoms with Crippen molar-refractivity contribution in [2.24, 2.45) is 23.7 Å². The Morgan fingerprint density at radius 1 is 0.458 bits per heavy atom. The topological polar surface area (TPSA) is 18.5 Å². The second kappa shape index (κ2) is 6.91. The molecule has 7 fully saturated rings. The molecule has 3 saturated carbocycles. The van der Waals surface area contributed by atoms with Crippen LogP contribution in [0.1, 0.15) is 89.9 Å². The van der Waals surface area contributed by atoms with Crippen molar-refractivity contribution < 1.29 is 9.47 Å². The molecule has 0 aromatic heterocycles. The van der Waals surface area contributed by atoms with Gasteiger partial charge in [0.05, 0.1) is 24.4 Å². The molecule has 2 nitrogen and oxygen atoms in total. The van der Waals surface area contributed by atoms with E-state index in [-0.39, 0.29) is 0 Å². The summed E-state index contributed by atoms with van der Waals surface area (Å²) in [6.45, 7) is 0. The van der Waals surface area contributed by atoms with Crippen LogP contribution in [-0.2, 0) is 9.47 Å².